The molecule has 1 atom stereocenters. The van der Waals surface area contributed by atoms with E-state index in [1.165, 1.54) is 12.1 Å². The van der Waals surface area contributed by atoms with Crippen LogP contribution in [0.15, 0.2) is 30.3 Å². The highest BCUT2D eigenvalue weighted by Crippen LogP contribution is 2.13. The summed E-state index contributed by atoms with van der Waals surface area (Å²) in [7, 11) is 0. The molecule has 8 nitrogen and oxygen atoms in total. The van der Waals surface area contributed by atoms with E-state index in [0.29, 0.717) is 19.4 Å². The van der Waals surface area contributed by atoms with Gasteiger partial charge in [-0.05, 0) is 37.9 Å². The minimum atomic E-state index is -1.65. The van der Waals surface area contributed by atoms with Gasteiger partial charge < -0.3 is 20.8 Å². The van der Waals surface area contributed by atoms with E-state index < -0.39 is 24.1 Å². The molecule has 0 aliphatic carbocycles. The molecule has 0 aliphatic heterocycles. The van der Waals surface area contributed by atoms with Crippen LogP contribution >= 0.6 is 0 Å². The number of carboxylic acid groups (broad SMARTS) is 2. The van der Waals surface area contributed by atoms with Gasteiger partial charge in [0.05, 0.1) is 5.56 Å². The second kappa shape index (κ2) is 8.63. The Morgan fingerprint density at radius 1 is 1.14 bits per heavy atom. The molecule has 1 aromatic carbocycles. The van der Waals surface area contributed by atoms with Crippen molar-refractivity contribution in [2.24, 2.45) is 5.73 Å². The van der Waals surface area contributed by atoms with E-state index in [4.69, 9.17) is 20.8 Å². The lowest BCUT2D eigenvalue weighted by Crippen LogP contribution is -2.45. The quantitative estimate of drug-likeness (QED) is 0.511. The van der Waals surface area contributed by atoms with Crippen LogP contribution < -0.4 is 5.73 Å². The Bertz CT molecular complexity index is 519. The first-order chi connectivity index (χ1) is 10.5. The van der Waals surface area contributed by atoms with E-state index in [0.717, 1.165) is 0 Å². The van der Waals surface area contributed by atoms with E-state index in [1.54, 1.807) is 18.2 Å². The molecule has 0 radical (unpaired) electrons. The van der Waals surface area contributed by atoms with Crippen LogP contribution in [0.3, 0.4) is 0 Å². The molecule has 1 unspecified atom stereocenters. The standard InChI is InChI=1S/C14H18N2O6/c15-9-5-4-8-11(12(17)18)16(14(20)21)22-13(19)10-6-2-1-3-7-10/h1-3,6-7,11H,4-5,8-9,15H2,(H,17,18)(H,20,21). The van der Waals surface area contributed by atoms with E-state index >= 15 is 0 Å². The van der Waals surface area contributed by atoms with Crippen molar-refractivity contribution >= 4 is 18.0 Å². The molecule has 0 aromatic heterocycles. The molecule has 0 saturated heterocycles. The third kappa shape index (κ3) is 5.06. The van der Waals surface area contributed by atoms with Gasteiger partial charge in [0.15, 0.2) is 6.04 Å². The van der Waals surface area contributed by atoms with E-state index in [2.05, 4.69) is 0 Å². The Balaban J connectivity index is 2.83. The van der Waals surface area contributed by atoms with Crippen molar-refractivity contribution in [3.05, 3.63) is 35.9 Å². The summed E-state index contributed by atoms with van der Waals surface area (Å²) in [5.41, 5.74) is 5.45. The van der Waals surface area contributed by atoms with Gasteiger partial charge in [0, 0.05) is 0 Å². The lowest BCUT2D eigenvalue weighted by molar-refractivity contribution is -0.162. The molecule has 120 valence electrons. The summed E-state index contributed by atoms with van der Waals surface area (Å²) in [5.74, 6) is -2.33. The molecule has 1 aromatic rings. The van der Waals surface area contributed by atoms with Crippen LogP contribution in [0.25, 0.3) is 0 Å². The Kier molecular flexibility index (Phi) is 6.84. The second-order valence-corrected chi connectivity index (χ2v) is 4.49. The number of carboxylic acids is 1. The number of hydrogen-bond acceptors (Lipinski definition) is 5. The molecule has 4 N–H and O–H groups in total. The fraction of sp³-hybridized carbons (Fsp3) is 0.357. The highest BCUT2D eigenvalue weighted by molar-refractivity contribution is 5.90. The highest BCUT2D eigenvalue weighted by Gasteiger charge is 2.33. The Morgan fingerprint density at radius 3 is 2.27 bits per heavy atom. The number of unbranched alkanes of at least 4 members (excludes halogenated alkanes) is 1. The first kappa shape index (κ1) is 17.4. The van der Waals surface area contributed by atoms with Crippen LogP contribution in [-0.2, 0) is 9.63 Å². The molecule has 0 saturated carbocycles. The van der Waals surface area contributed by atoms with Crippen molar-refractivity contribution in [3.8, 4) is 0 Å². The number of amides is 1. The number of carbonyl (C=O) groups excluding carboxylic acids is 1. The van der Waals surface area contributed by atoms with Crippen molar-refractivity contribution in [1.29, 1.82) is 0 Å². The van der Waals surface area contributed by atoms with Crippen molar-refractivity contribution in [2.45, 2.75) is 25.3 Å². The number of nitrogens with two attached hydrogens (primary N) is 1. The van der Waals surface area contributed by atoms with Gasteiger partial charge in [0.2, 0.25) is 0 Å². The minimum Gasteiger partial charge on any atom is -0.480 e. The average Bonchev–Trinajstić information content (AvgIpc) is 2.50. The average molecular weight is 310 g/mol. The van der Waals surface area contributed by atoms with Gasteiger partial charge in [0.1, 0.15) is 0 Å². The maximum Gasteiger partial charge on any atom is 0.441 e. The van der Waals surface area contributed by atoms with Gasteiger partial charge in [-0.15, -0.1) is 5.06 Å². The molecular weight excluding hydrogens is 292 g/mol. The largest absolute Gasteiger partial charge is 0.480 e. The van der Waals surface area contributed by atoms with E-state index in [-0.39, 0.29) is 17.0 Å². The molecule has 0 spiro atoms. The summed E-state index contributed by atoms with van der Waals surface area (Å²) in [6.45, 7) is 0.364. The summed E-state index contributed by atoms with van der Waals surface area (Å²) in [6.07, 6.45) is -0.699. The predicted octanol–water partition coefficient (Wildman–Crippen LogP) is 1.32. The Morgan fingerprint density at radius 2 is 1.77 bits per heavy atom. The van der Waals surface area contributed by atoms with Crippen LogP contribution in [-0.4, -0.2) is 45.9 Å². The molecule has 8 heteroatoms. The smallest absolute Gasteiger partial charge is 0.441 e. The van der Waals surface area contributed by atoms with Gasteiger partial charge >= 0.3 is 18.0 Å². The highest BCUT2D eigenvalue weighted by atomic mass is 16.7. The minimum absolute atomic E-state index is 0.000896. The predicted molar refractivity (Wildman–Crippen MR) is 76.1 cm³/mol. The molecule has 0 bridgehead atoms. The molecule has 0 heterocycles. The van der Waals surface area contributed by atoms with E-state index in [1.807, 2.05) is 0 Å². The van der Waals surface area contributed by atoms with Crippen LogP contribution in [0.2, 0.25) is 0 Å². The number of hydroxylamine groups is 2. The number of benzene rings is 1. The summed E-state index contributed by atoms with van der Waals surface area (Å²) >= 11 is 0. The fourth-order valence-corrected chi connectivity index (χ4v) is 1.78. The third-order valence-corrected chi connectivity index (χ3v) is 2.88. The zero-order chi connectivity index (χ0) is 16.5. The van der Waals surface area contributed by atoms with Gasteiger partial charge in [-0.2, -0.15) is 0 Å². The lowest BCUT2D eigenvalue weighted by atomic mass is 10.1. The molecular formula is C14H18N2O6. The molecule has 0 aliphatic rings. The number of aliphatic carboxylic acids is 1. The topological polar surface area (TPSA) is 130 Å². The van der Waals surface area contributed by atoms with Gasteiger partial charge in [-0.1, -0.05) is 18.2 Å². The fourth-order valence-electron chi connectivity index (χ4n) is 1.78. The normalized spacial score (nSPS) is 11.5. The summed E-state index contributed by atoms with van der Waals surface area (Å²) in [6, 6.07) is 6.24. The van der Waals surface area contributed by atoms with Crippen LogP contribution in [0.5, 0.6) is 0 Å². The number of nitrogens with zero attached hydrogens (tertiary/aromatic N) is 1. The van der Waals surface area contributed by atoms with Gasteiger partial charge in [-0.25, -0.2) is 14.4 Å². The van der Waals surface area contributed by atoms with Crippen molar-refractivity contribution < 1.29 is 29.4 Å². The lowest BCUT2D eigenvalue weighted by Gasteiger charge is -2.24. The second-order valence-electron chi connectivity index (χ2n) is 4.49. The first-order valence-electron chi connectivity index (χ1n) is 6.69. The summed E-state index contributed by atoms with van der Waals surface area (Å²) in [5, 5.41) is 18.4. The molecule has 1 rings (SSSR count). The summed E-state index contributed by atoms with van der Waals surface area (Å²) in [4.78, 5) is 39.0. The molecule has 1 amide bonds. The van der Waals surface area contributed by atoms with Crippen LogP contribution in [0.1, 0.15) is 29.6 Å². The zero-order valence-corrected chi connectivity index (χ0v) is 11.8. The molecule has 22 heavy (non-hydrogen) atoms. The Labute approximate surface area is 127 Å². The third-order valence-electron chi connectivity index (χ3n) is 2.88. The summed E-state index contributed by atoms with van der Waals surface area (Å²) < 4.78 is 0. The molecule has 0 fully saturated rings. The van der Waals surface area contributed by atoms with Crippen molar-refractivity contribution in [2.75, 3.05) is 6.54 Å². The SMILES string of the molecule is NCCCCC(C(=O)O)N(OC(=O)c1ccccc1)C(=O)O. The van der Waals surface area contributed by atoms with Crippen molar-refractivity contribution in [3.63, 3.8) is 0 Å². The number of carbonyl (C=O) groups is 3. The van der Waals surface area contributed by atoms with Crippen LogP contribution in [0, 0.1) is 0 Å². The van der Waals surface area contributed by atoms with Gasteiger partial charge in [-0.3, -0.25) is 0 Å². The number of rotatable bonds is 7. The van der Waals surface area contributed by atoms with Crippen molar-refractivity contribution in [1.82, 2.24) is 5.06 Å². The monoisotopic (exact) mass is 310 g/mol. The zero-order valence-electron chi connectivity index (χ0n) is 11.8. The van der Waals surface area contributed by atoms with Gasteiger partial charge in [0.25, 0.3) is 0 Å². The maximum atomic E-state index is 11.9. The first-order valence-corrected chi connectivity index (χ1v) is 6.69. The Hall–Kier alpha value is -2.61. The number of hydrogen-bond donors (Lipinski definition) is 3. The van der Waals surface area contributed by atoms with E-state index in [9.17, 15) is 14.4 Å². The maximum absolute atomic E-state index is 11.9. The van der Waals surface area contributed by atoms with Crippen LogP contribution in [0.4, 0.5) is 4.79 Å².